The molecule has 1 aliphatic rings. The van der Waals surface area contributed by atoms with Gasteiger partial charge in [-0.05, 0) is 64.2 Å². The Kier molecular flexibility index (Phi) is 64.3. The summed E-state index contributed by atoms with van der Waals surface area (Å²) in [6.45, 7) is 5.82. The van der Waals surface area contributed by atoms with Gasteiger partial charge < -0.3 is 45.1 Å². The molecule has 0 radical (unpaired) electrons. The minimum absolute atomic E-state index is 0.129. The number of esters is 1. The van der Waals surface area contributed by atoms with Gasteiger partial charge in [0.2, 0.25) is 5.91 Å². The molecule has 0 aliphatic carbocycles. The summed E-state index contributed by atoms with van der Waals surface area (Å²) in [6.07, 6.45) is 76.0. The predicted octanol–water partition coefficient (Wildman–Crippen LogP) is 21.1. The lowest BCUT2D eigenvalue weighted by atomic mass is 9.99. The van der Waals surface area contributed by atoms with E-state index in [-0.39, 0.29) is 13.0 Å². The van der Waals surface area contributed by atoms with Crippen molar-refractivity contribution in [2.45, 2.75) is 436 Å². The lowest BCUT2D eigenvalue weighted by Gasteiger charge is -2.41. The molecule has 1 fully saturated rings. The molecule has 91 heavy (non-hydrogen) atoms. The number of nitrogens with one attached hydrogen (secondary N) is 1. The Morgan fingerprint density at radius 3 is 1.15 bits per heavy atom. The lowest BCUT2D eigenvalue weighted by molar-refractivity contribution is -0.305. The summed E-state index contributed by atoms with van der Waals surface area (Å²) in [5.74, 6) is -1.18. The number of ether oxygens (including phenoxy) is 3. The Bertz CT molecular complexity index is 1670. The fourth-order valence-corrected chi connectivity index (χ4v) is 12.5. The van der Waals surface area contributed by atoms with Gasteiger partial charge in [0.1, 0.15) is 24.4 Å². The Labute approximate surface area is 561 Å². The highest BCUT2D eigenvalue weighted by molar-refractivity contribution is 5.80. The maximum Gasteiger partial charge on any atom is 0.306 e. The van der Waals surface area contributed by atoms with Gasteiger partial charge in [-0.1, -0.05) is 365 Å². The van der Waals surface area contributed by atoms with Crippen LogP contribution in [0.1, 0.15) is 387 Å². The predicted molar refractivity (Wildman–Crippen MR) is 384 cm³/mol. The van der Waals surface area contributed by atoms with Crippen LogP contribution in [0, 0.1) is 0 Å². The summed E-state index contributed by atoms with van der Waals surface area (Å²) in [5.41, 5.74) is 0. The minimum atomic E-state index is -1.61. The molecule has 1 saturated heterocycles. The summed E-state index contributed by atoms with van der Waals surface area (Å²) in [7, 11) is 0. The zero-order valence-electron chi connectivity index (χ0n) is 59.7. The monoisotopic (exact) mass is 1280 g/mol. The Hall–Kier alpha value is -2.38. The van der Waals surface area contributed by atoms with Crippen LogP contribution >= 0.6 is 0 Å². The molecule has 8 atom stereocenters. The zero-order valence-corrected chi connectivity index (χ0v) is 59.7. The van der Waals surface area contributed by atoms with E-state index >= 15 is 0 Å². The average molecular weight is 1290 g/mol. The van der Waals surface area contributed by atoms with Gasteiger partial charge in [0, 0.05) is 6.42 Å². The zero-order chi connectivity index (χ0) is 66.0. The molecule has 11 heteroatoms. The second-order valence-electron chi connectivity index (χ2n) is 27.5. The van der Waals surface area contributed by atoms with E-state index in [1.165, 1.54) is 263 Å². The molecule has 0 aromatic rings. The Morgan fingerprint density at radius 2 is 0.758 bits per heavy atom. The van der Waals surface area contributed by atoms with Gasteiger partial charge in [0.25, 0.3) is 0 Å². The van der Waals surface area contributed by atoms with E-state index in [1.807, 2.05) is 6.08 Å². The van der Waals surface area contributed by atoms with Crippen molar-refractivity contribution in [3.05, 3.63) is 48.6 Å². The van der Waals surface area contributed by atoms with Crippen LogP contribution in [0.3, 0.4) is 0 Å². The first-order chi connectivity index (χ1) is 44.7. The molecule has 0 spiro atoms. The van der Waals surface area contributed by atoms with Gasteiger partial charge in [0.15, 0.2) is 12.4 Å². The van der Waals surface area contributed by atoms with Crippen molar-refractivity contribution in [1.29, 1.82) is 0 Å². The number of aliphatic hydroxyl groups excluding tert-OH is 5. The van der Waals surface area contributed by atoms with E-state index in [1.54, 1.807) is 6.08 Å². The van der Waals surface area contributed by atoms with Gasteiger partial charge >= 0.3 is 5.97 Å². The van der Waals surface area contributed by atoms with Crippen molar-refractivity contribution in [1.82, 2.24) is 5.32 Å². The fraction of sp³-hybridized carbons (Fsp3) is 0.875. The maximum absolute atomic E-state index is 13.5. The van der Waals surface area contributed by atoms with Crippen molar-refractivity contribution in [2.24, 2.45) is 0 Å². The largest absolute Gasteiger partial charge is 0.454 e. The van der Waals surface area contributed by atoms with Crippen molar-refractivity contribution >= 4 is 11.9 Å². The molecule has 6 N–H and O–H groups in total. The van der Waals surface area contributed by atoms with Gasteiger partial charge in [-0.25, -0.2) is 0 Å². The third-order valence-corrected chi connectivity index (χ3v) is 18.7. The standard InChI is InChI=1S/C80H149NO10/c1-4-7-10-13-16-19-22-24-26-28-30-32-34-36-37-38-40-42-44-46-48-50-53-56-59-62-65-68-75(85)91-78-77(87)76(86)74(69-82)90-80(78)89-70-71(72(83)66-63-60-57-54-51-21-18-15-12-9-6-3)81-79(88)73(84)67-64-61-58-55-52-49-47-45-43-41-39-35-33-31-29-27-25-23-20-17-14-11-8-5-2/h17,20,25,27,31,33,63,66,71-74,76-78,80,82-84,86-87H,4-16,18-19,21-24,26,28-30,32,34-62,64-65,67-70H2,1-3H3,(H,81,88)/b20-17-,27-25-,33-31-,66-63+. The topological polar surface area (TPSA) is 175 Å². The molecule has 11 nitrogen and oxygen atoms in total. The number of hydrogen-bond acceptors (Lipinski definition) is 10. The molecule has 0 aromatic heterocycles. The highest BCUT2D eigenvalue weighted by atomic mass is 16.7. The number of hydrogen-bond donors (Lipinski definition) is 6. The number of aliphatic hydroxyl groups is 5. The number of amides is 1. The SMILES string of the molecule is CCCCC/C=C\C/C=C\C/C=C\CCCCCCCCCCCCCC(O)C(=O)NC(COC1OC(CO)C(O)C(O)C1OC(=O)CCCCCCCCCCCCCCCCCCCCCCCCCCCCC)C(O)/C=C/CCCCCCCCCCC. The first kappa shape index (κ1) is 86.6. The van der Waals surface area contributed by atoms with Gasteiger partial charge in [-0.15, -0.1) is 0 Å². The van der Waals surface area contributed by atoms with E-state index in [0.29, 0.717) is 19.3 Å². The maximum atomic E-state index is 13.5. The van der Waals surface area contributed by atoms with Crippen molar-refractivity contribution in [3.63, 3.8) is 0 Å². The Morgan fingerprint density at radius 1 is 0.429 bits per heavy atom. The molecule has 0 aromatic carbocycles. The molecular weight excluding hydrogens is 1130 g/mol. The van der Waals surface area contributed by atoms with Gasteiger partial charge in [-0.3, -0.25) is 9.59 Å². The third kappa shape index (κ3) is 54.4. The van der Waals surface area contributed by atoms with Crippen LogP contribution in [0.15, 0.2) is 48.6 Å². The van der Waals surface area contributed by atoms with Crippen molar-refractivity contribution in [3.8, 4) is 0 Å². The molecule has 534 valence electrons. The molecule has 1 rings (SSSR count). The summed E-state index contributed by atoms with van der Waals surface area (Å²) in [4.78, 5) is 26.7. The van der Waals surface area contributed by atoms with E-state index < -0.39 is 67.4 Å². The number of allylic oxidation sites excluding steroid dienone is 7. The molecule has 8 unspecified atom stereocenters. The van der Waals surface area contributed by atoms with Crippen LogP contribution in [0.25, 0.3) is 0 Å². The first-order valence-corrected chi connectivity index (χ1v) is 39.4. The van der Waals surface area contributed by atoms with Crippen LogP contribution in [0.4, 0.5) is 0 Å². The fourth-order valence-electron chi connectivity index (χ4n) is 12.5. The minimum Gasteiger partial charge on any atom is -0.454 e. The molecule has 1 heterocycles. The summed E-state index contributed by atoms with van der Waals surface area (Å²) in [6, 6.07) is -1.02. The summed E-state index contributed by atoms with van der Waals surface area (Å²) >= 11 is 0. The second kappa shape index (κ2) is 67.6. The molecule has 1 amide bonds. The smallest absolute Gasteiger partial charge is 0.306 e. The van der Waals surface area contributed by atoms with E-state index in [2.05, 4.69) is 62.5 Å². The van der Waals surface area contributed by atoms with Gasteiger partial charge in [-0.2, -0.15) is 0 Å². The number of rotatable bonds is 69. The molecule has 0 saturated carbocycles. The van der Waals surface area contributed by atoms with Crippen LogP contribution in [0.5, 0.6) is 0 Å². The molecule has 1 aliphatic heterocycles. The quantitative estimate of drug-likeness (QED) is 0.0195. The number of carbonyl (C=O) groups excluding carboxylic acids is 2. The first-order valence-electron chi connectivity index (χ1n) is 39.4. The summed E-state index contributed by atoms with van der Waals surface area (Å²) in [5, 5.41) is 57.4. The molecular formula is C80H149NO10. The van der Waals surface area contributed by atoms with Crippen LogP contribution in [0.2, 0.25) is 0 Å². The van der Waals surface area contributed by atoms with E-state index in [4.69, 9.17) is 14.2 Å². The van der Waals surface area contributed by atoms with Crippen molar-refractivity contribution in [2.75, 3.05) is 13.2 Å². The van der Waals surface area contributed by atoms with Crippen LogP contribution in [-0.4, -0.2) is 99.6 Å². The van der Waals surface area contributed by atoms with Crippen molar-refractivity contribution < 1.29 is 49.3 Å². The van der Waals surface area contributed by atoms with Crippen LogP contribution in [-0.2, 0) is 23.8 Å². The van der Waals surface area contributed by atoms with E-state index in [9.17, 15) is 35.1 Å². The average Bonchev–Trinajstić information content (AvgIpc) is 0.943. The second-order valence-corrected chi connectivity index (χ2v) is 27.5. The number of carbonyl (C=O) groups is 2. The van der Waals surface area contributed by atoms with E-state index in [0.717, 1.165) is 77.0 Å². The highest BCUT2D eigenvalue weighted by Crippen LogP contribution is 2.27. The van der Waals surface area contributed by atoms with Crippen LogP contribution < -0.4 is 5.32 Å². The lowest BCUT2D eigenvalue weighted by Crippen LogP contribution is -2.61. The van der Waals surface area contributed by atoms with Gasteiger partial charge in [0.05, 0.1) is 25.4 Å². The number of unbranched alkanes of at least 4 members (excludes halogenated alkanes) is 49. The normalized spacial score (nSPS) is 18.2. The highest BCUT2D eigenvalue weighted by Gasteiger charge is 2.47. The molecule has 0 bridgehead atoms. The Balaban J connectivity index is 2.47. The summed E-state index contributed by atoms with van der Waals surface area (Å²) < 4.78 is 17.7. The third-order valence-electron chi connectivity index (χ3n) is 18.7.